The Balaban J connectivity index is 2.60. The molecule has 11 heavy (non-hydrogen) atoms. The van der Waals surface area contributed by atoms with E-state index in [0.717, 1.165) is 12.0 Å². The Kier molecular flexibility index (Phi) is 2.47. The van der Waals surface area contributed by atoms with Crippen LogP contribution < -0.4 is 0 Å². The van der Waals surface area contributed by atoms with Gasteiger partial charge in [-0.1, -0.05) is 18.2 Å². The molecule has 0 N–H and O–H groups in total. The van der Waals surface area contributed by atoms with Crippen molar-refractivity contribution in [2.45, 2.75) is 13.3 Å². The van der Waals surface area contributed by atoms with Gasteiger partial charge in [0.05, 0.1) is 13.0 Å². The molecule has 0 radical (unpaired) electrons. The standard InChI is InChI=1S/C9H12O2/c1-7(9(10)11-2)8-5-3-4-6-8/h3,5-7H,4H2,1-2H3. The minimum atomic E-state index is -0.164. The Bertz CT molecular complexity index is 214. The zero-order valence-electron chi connectivity index (χ0n) is 6.83. The van der Waals surface area contributed by atoms with E-state index in [9.17, 15) is 4.79 Å². The van der Waals surface area contributed by atoms with Gasteiger partial charge >= 0.3 is 5.97 Å². The van der Waals surface area contributed by atoms with Gasteiger partial charge in [0, 0.05) is 0 Å². The molecule has 2 nitrogen and oxygen atoms in total. The summed E-state index contributed by atoms with van der Waals surface area (Å²) >= 11 is 0. The van der Waals surface area contributed by atoms with Gasteiger partial charge < -0.3 is 4.74 Å². The predicted molar refractivity (Wildman–Crippen MR) is 43.0 cm³/mol. The summed E-state index contributed by atoms with van der Waals surface area (Å²) in [7, 11) is 1.41. The summed E-state index contributed by atoms with van der Waals surface area (Å²) in [5.74, 6) is -0.276. The van der Waals surface area contributed by atoms with Gasteiger partial charge in [0.1, 0.15) is 0 Å². The summed E-state index contributed by atoms with van der Waals surface area (Å²) in [5, 5.41) is 0. The second kappa shape index (κ2) is 3.37. The lowest BCUT2D eigenvalue weighted by Crippen LogP contribution is -2.13. The maximum absolute atomic E-state index is 11.0. The average molecular weight is 152 g/mol. The van der Waals surface area contributed by atoms with Crippen LogP contribution in [-0.2, 0) is 9.53 Å². The SMILES string of the molecule is COC(=O)C(C)C1=CCC=C1. The van der Waals surface area contributed by atoms with Crippen LogP contribution in [0.3, 0.4) is 0 Å². The smallest absolute Gasteiger partial charge is 0.312 e. The van der Waals surface area contributed by atoms with Crippen molar-refractivity contribution in [1.82, 2.24) is 0 Å². The molecule has 1 aliphatic carbocycles. The van der Waals surface area contributed by atoms with Gasteiger partial charge in [0.25, 0.3) is 0 Å². The normalized spacial score (nSPS) is 17.8. The highest BCUT2D eigenvalue weighted by Gasteiger charge is 2.16. The summed E-state index contributed by atoms with van der Waals surface area (Å²) in [6, 6.07) is 0. The van der Waals surface area contributed by atoms with Crippen LogP contribution in [0.5, 0.6) is 0 Å². The first-order chi connectivity index (χ1) is 5.25. The van der Waals surface area contributed by atoms with Crippen LogP contribution in [0.4, 0.5) is 0 Å². The van der Waals surface area contributed by atoms with Gasteiger partial charge in [0.15, 0.2) is 0 Å². The molecule has 0 aromatic heterocycles. The number of carbonyl (C=O) groups is 1. The Morgan fingerprint density at radius 1 is 1.73 bits per heavy atom. The molecule has 0 spiro atoms. The molecule has 0 fully saturated rings. The summed E-state index contributed by atoms with van der Waals surface area (Å²) in [6.45, 7) is 1.85. The van der Waals surface area contributed by atoms with E-state index >= 15 is 0 Å². The molecule has 2 heteroatoms. The fourth-order valence-corrected chi connectivity index (χ4v) is 1.11. The fourth-order valence-electron chi connectivity index (χ4n) is 1.11. The maximum atomic E-state index is 11.0. The quantitative estimate of drug-likeness (QED) is 0.563. The number of allylic oxidation sites excluding steroid dienone is 3. The van der Waals surface area contributed by atoms with Gasteiger partial charge in [-0.25, -0.2) is 0 Å². The van der Waals surface area contributed by atoms with Crippen molar-refractivity contribution in [3.8, 4) is 0 Å². The molecule has 0 aromatic rings. The molecule has 0 aliphatic heterocycles. The molecule has 0 saturated carbocycles. The number of methoxy groups -OCH3 is 1. The number of esters is 1. The van der Waals surface area contributed by atoms with Gasteiger partial charge in [-0.2, -0.15) is 0 Å². The number of rotatable bonds is 2. The lowest BCUT2D eigenvalue weighted by atomic mass is 10.0. The van der Waals surface area contributed by atoms with E-state index in [-0.39, 0.29) is 11.9 Å². The van der Waals surface area contributed by atoms with Crippen LogP contribution in [0.25, 0.3) is 0 Å². The molecule has 1 atom stereocenters. The topological polar surface area (TPSA) is 26.3 Å². The van der Waals surface area contributed by atoms with E-state index in [0.29, 0.717) is 0 Å². The van der Waals surface area contributed by atoms with Crippen molar-refractivity contribution in [3.05, 3.63) is 23.8 Å². The molecular weight excluding hydrogens is 140 g/mol. The lowest BCUT2D eigenvalue weighted by molar-refractivity contribution is -0.143. The molecule has 0 saturated heterocycles. The molecule has 0 aromatic carbocycles. The highest BCUT2D eigenvalue weighted by molar-refractivity contribution is 5.76. The number of hydrogen-bond acceptors (Lipinski definition) is 2. The molecule has 0 amide bonds. The highest BCUT2D eigenvalue weighted by atomic mass is 16.5. The second-order valence-corrected chi connectivity index (χ2v) is 2.59. The van der Waals surface area contributed by atoms with E-state index in [4.69, 9.17) is 0 Å². The Morgan fingerprint density at radius 3 is 2.91 bits per heavy atom. The van der Waals surface area contributed by atoms with Crippen molar-refractivity contribution >= 4 is 5.97 Å². The third kappa shape index (κ3) is 1.70. The van der Waals surface area contributed by atoms with Crippen LogP contribution in [0.15, 0.2) is 23.8 Å². The Labute approximate surface area is 66.5 Å². The van der Waals surface area contributed by atoms with E-state index in [1.54, 1.807) is 0 Å². The van der Waals surface area contributed by atoms with Gasteiger partial charge in [-0.3, -0.25) is 4.79 Å². The second-order valence-electron chi connectivity index (χ2n) is 2.59. The molecule has 1 rings (SSSR count). The summed E-state index contributed by atoms with van der Waals surface area (Å²) < 4.78 is 4.61. The first-order valence-corrected chi connectivity index (χ1v) is 3.70. The fraction of sp³-hybridized carbons (Fsp3) is 0.444. The maximum Gasteiger partial charge on any atom is 0.312 e. The average Bonchev–Trinajstić information content (AvgIpc) is 2.53. The van der Waals surface area contributed by atoms with Gasteiger partial charge in [-0.15, -0.1) is 0 Å². The van der Waals surface area contributed by atoms with Crippen LogP contribution >= 0.6 is 0 Å². The van der Waals surface area contributed by atoms with E-state index in [1.807, 2.05) is 25.2 Å². The Hall–Kier alpha value is -1.05. The van der Waals surface area contributed by atoms with Crippen molar-refractivity contribution in [3.63, 3.8) is 0 Å². The van der Waals surface area contributed by atoms with E-state index in [2.05, 4.69) is 4.74 Å². The largest absolute Gasteiger partial charge is 0.469 e. The zero-order chi connectivity index (χ0) is 8.27. The highest BCUT2D eigenvalue weighted by Crippen LogP contribution is 2.19. The Morgan fingerprint density at radius 2 is 2.45 bits per heavy atom. The zero-order valence-corrected chi connectivity index (χ0v) is 6.83. The molecular formula is C9H12O2. The molecule has 1 unspecified atom stereocenters. The predicted octanol–water partition coefficient (Wildman–Crippen LogP) is 1.68. The van der Waals surface area contributed by atoms with E-state index in [1.165, 1.54) is 7.11 Å². The third-order valence-electron chi connectivity index (χ3n) is 1.85. The van der Waals surface area contributed by atoms with Crippen molar-refractivity contribution in [2.24, 2.45) is 5.92 Å². The van der Waals surface area contributed by atoms with Crippen molar-refractivity contribution in [1.29, 1.82) is 0 Å². The first-order valence-electron chi connectivity index (χ1n) is 3.70. The van der Waals surface area contributed by atoms with Crippen LogP contribution in [-0.4, -0.2) is 13.1 Å². The summed E-state index contributed by atoms with van der Waals surface area (Å²) in [4.78, 5) is 11.0. The van der Waals surface area contributed by atoms with E-state index < -0.39 is 0 Å². The molecule has 1 aliphatic rings. The van der Waals surface area contributed by atoms with Crippen LogP contribution in [0, 0.1) is 5.92 Å². The van der Waals surface area contributed by atoms with Crippen molar-refractivity contribution < 1.29 is 9.53 Å². The van der Waals surface area contributed by atoms with Gasteiger partial charge in [0.2, 0.25) is 0 Å². The summed E-state index contributed by atoms with van der Waals surface area (Å²) in [5.41, 5.74) is 1.07. The monoisotopic (exact) mass is 152 g/mol. The summed E-state index contributed by atoms with van der Waals surface area (Å²) in [6.07, 6.45) is 6.99. The molecule has 0 heterocycles. The number of ether oxygens (including phenoxy) is 1. The lowest BCUT2D eigenvalue weighted by Gasteiger charge is -2.07. The molecule has 0 bridgehead atoms. The van der Waals surface area contributed by atoms with Gasteiger partial charge in [-0.05, 0) is 18.9 Å². The van der Waals surface area contributed by atoms with Crippen LogP contribution in [0.2, 0.25) is 0 Å². The van der Waals surface area contributed by atoms with Crippen molar-refractivity contribution in [2.75, 3.05) is 7.11 Å². The first kappa shape index (κ1) is 8.05. The number of hydrogen-bond donors (Lipinski definition) is 0. The third-order valence-corrected chi connectivity index (χ3v) is 1.85. The minimum Gasteiger partial charge on any atom is -0.469 e. The van der Waals surface area contributed by atoms with Crippen LogP contribution in [0.1, 0.15) is 13.3 Å². The number of carbonyl (C=O) groups excluding carboxylic acids is 1. The minimum absolute atomic E-state index is 0.112. The molecule has 60 valence electrons.